The largest absolute Gasteiger partial charge is 0.353 e. The van der Waals surface area contributed by atoms with Gasteiger partial charge in [0.1, 0.15) is 5.84 Å². The first-order valence-corrected chi connectivity index (χ1v) is 7.75. The molecule has 0 spiro atoms. The van der Waals surface area contributed by atoms with E-state index in [0.29, 0.717) is 5.02 Å². The Morgan fingerprint density at radius 2 is 1.26 bits per heavy atom. The van der Waals surface area contributed by atoms with Gasteiger partial charge in [0.25, 0.3) is 0 Å². The molecule has 3 aromatic rings. The molecule has 0 radical (unpaired) electrons. The number of hydrogen-bond acceptors (Lipinski definition) is 2. The van der Waals surface area contributed by atoms with Crippen molar-refractivity contribution in [1.82, 2.24) is 0 Å². The molecule has 4 rings (SSSR count). The van der Waals surface area contributed by atoms with Crippen LogP contribution in [-0.2, 0) is 0 Å². The number of nitrogens with zero attached hydrogens (tertiary/aromatic N) is 1. The Morgan fingerprint density at radius 3 is 2.04 bits per heavy atom. The van der Waals surface area contributed by atoms with Crippen LogP contribution in [0.3, 0.4) is 0 Å². The number of aliphatic imine (C=N–C) groups is 1. The summed E-state index contributed by atoms with van der Waals surface area (Å²) in [6.45, 7) is 0. The van der Waals surface area contributed by atoms with Gasteiger partial charge in [0.05, 0.1) is 22.1 Å². The average molecular weight is 320 g/mol. The predicted molar refractivity (Wildman–Crippen MR) is 97.4 cm³/mol. The summed E-state index contributed by atoms with van der Waals surface area (Å²) >= 11 is 6.26. The molecular weight excluding hydrogens is 306 g/mol. The van der Waals surface area contributed by atoms with E-state index in [1.807, 2.05) is 72.8 Å². The molecule has 23 heavy (non-hydrogen) atoms. The van der Waals surface area contributed by atoms with E-state index in [-0.39, 0.29) is 0 Å². The molecular formula is C19H14ClN3. The topological polar surface area (TPSA) is 36.4 Å². The number of fused-ring (bicyclic) bond motifs is 2. The predicted octanol–water partition coefficient (Wildman–Crippen LogP) is 5.59. The lowest BCUT2D eigenvalue weighted by Crippen LogP contribution is -2.12. The molecule has 0 atom stereocenters. The highest BCUT2D eigenvalue weighted by Crippen LogP contribution is 2.33. The van der Waals surface area contributed by atoms with E-state index in [1.54, 1.807) is 0 Å². The first-order valence-electron chi connectivity index (χ1n) is 7.37. The lowest BCUT2D eigenvalue weighted by atomic mass is 10.1. The molecule has 1 heterocycles. The number of hydrogen-bond donors (Lipinski definition) is 2. The molecule has 3 aromatic carbocycles. The Bertz CT molecular complexity index is 902. The fraction of sp³-hybridized carbons (Fsp3) is 0. The van der Waals surface area contributed by atoms with Gasteiger partial charge in [-0.05, 0) is 36.4 Å². The van der Waals surface area contributed by atoms with Crippen molar-refractivity contribution < 1.29 is 0 Å². The Hall–Kier alpha value is -2.78. The van der Waals surface area contributed by atoms with Crippen molar-refractivity contribution in [2.75, 3.05) is 10.6 Å². The van der Waals surface area contributed by atoms with Gasteiger partial charge in [0.2, 0.25) is 0 Å². The van der Waals surface area contributed by atoms with Gasteiger partial charge in [-0.15, -0.1) is 0 Å². The highest BCUT2D eigenvalue weighted by molar-refractivity contribution is 6.33. The molecule has 3 nitrogen and oxygen atoms in total. The van der Waals surface area contributed by atoms with E-state index < -0.39 is 0 Å². The molecule has 112 valence electrons. The first kappa shape index (κ1) is 13.9. The first-order chi connectivity index (χ1) is 11.3. The number of anilines is 3. The standard InChI is InChI=1S/C19H14ClN3/c20-14-8-2-4-10-16(14)22-19-13-7-1-3-9-15(13)21-17-11-5-6-12-18(17)23-19/h1-12,21H,(H,22,23). The third kappa shape index (κ3) is 2.67. The van der Waals surface area contributed by atoms with Crippen LogP contribution in [0.2, 0.25) is 5.02 Å². The van der Waals surface area contributed by atoms with Crippen LogP contribution in [0.5, 0.6) is 0 Å². The number of rotatable bonds is 1. The molecule has 4 heteroatoms. The van der Waals surface area contributed by atoms with E-state index in [2.05, 4.69) is 10.6 Å². The lowest BCUT2D eigenvalue weighted by molar-refractivity contribution is 1.48. The maximum atomic E-state index is 6.26. The number of benzene rings is 3. The van der Waals surface area contributed by atoms with Crippen LogP contribution in [0.4, 0.5) is 22.7 Å². The fourth-order valence-electron chi connectivity index (χ4n) is 2.59. The third-order valence-electron chi connectivity index (χ3n) is 3.72. The van der Waals surface area contributed by atoms with Crippen molar-refractivity contribution in [2.45, 2.75) is 0 Å². The smallest absolute Gasteiger partial charge is 0.140 e. The minimum absolute atomic E-state index is 0.629. The third-order valence-corrected chi connectivity index (χ3v) is 4.04. The summed E-state index contributed by atoms with van der Waals surface area (Å²) < 4.78 is 0. The maximum absolute atomic E-state index is 6.26. The average Bonchev–Trinajstić information content (AvgIpc) is 2.73. The zero-order chi connectivity index (χ0) is 15.6. The second-order valence-corrected chi connectivity index (χ2v) is 5.66. The molecule has 0 aliphatic carbocycles. The van der Waals surface area contributed by atoms with Crippen LogP contribution in [-0.4, -0.2) is 5.84 Å². The summed E-state index contributed by atoms with van der Waals surface area (Å²) in [6.07, 6.45) is 0. The fourth-order valence-corrected chi connectivity index (χ4v) is 2.77. The molecule has 0 fully saturated rings. The molecule has 0 saturated heterocycles. The number of nitrogens with one attached hydrogen (secondary N) is 2. The summed E-state index contributed by atoms with van der Waals surface area (Å²) in [5.74, 6) is 0.770. The van der Waals surface area contributed by atoms with Gasteiger partial charge in [-0.2, -0.15) is 0 Å². The van der Waals surface area contributed by atoms with E-state index in [1.165, 1.54) is 0 Å². The zero-order valence-electron chi connectivity index (χ0n) is 12.3. The van der Waals surface area contributed by atoms with Gasteiger partial charge in [-0.3, -0.25) is 0 Å². The van der Waals surface area contributed by atoms with Crippen LogP contribution >= 0.6 is 11.6 Å². The molecule has 1 aliphatic rings. The molecule has 0 saturated carbocycles. The monoisotopic (exact) mass is 319 g/mol. The van der Waals surface area contributed by atoms with E-state index in [9.17, 15) is 0 Å². The van der Waals surface area contributed by atoms with Gasteiger partial charge in [-0.25, -0.2) is 4.99 Å². The maximum Gasteiger partial charge on any atom is 0.140 e. The Balaban J connectivity index is 1.90. The number of amidine groups is 1. The molecule has 2 N–H and O–H groups in total. The highest BCUT2D eigenvalue weighted by atomic mass is 35.5. The van der Waals surface area contributed by atoms with Crippen LogP contribution < -0.4 is 10.6 Å². The molecule has 0 bridgehead atoms. The quantitative estimate of drug-likeness (QED) is 0.613. The lowest BCUT2D eigenvalue weighted by Gasteiger charge is -2.09. The minimum Gasteiger partial charge on any atom is -0.353 e. The summed E-state index contributed by atoms with van der Waals surface area (Å²) in [4.78, 5) is 4.75. The van der Waals surface area contributed by atoms with Crippen molar-refractivity contribution >= 4 is 40.2 Å². The summed E-state index contributed by atoms with van der Waals surface area (Å²) in [6, 6.07) is 23.7. The summed E-state index contributed by atoms with van der Waals surface area (Å²) in [5.41, 5.74) is 4.75. The van der Waals surface area contributed by atoms with Gasteiger partial charge in [0, 0.05) is 11.3 Å². The van der Waals surface area contributed by atoms with Crippen LogP contribution in [0, 0.1) is 0 Å². The Morgan fingerprint density at radius 1 is 0.652 bits per heavy atom. The van der Waals surface area contributed by atoms with E-state index in [0.717, 1.165) is 34.1 Å². The highest BCUT2D eigenvalue weighted by Gasteiger charge is 2.17. The van der Waals surface area contributed by atoms with Gasteiger partial charge in [-0.1, -0.05) is 48.0 Å². The van der Waals surface area contributed by atoms with Crippen LogP contribution in [0.15, 0.2) is 77.8 Å². The van der Waals surface area contributed by atoms with Crippen molar-refractivity contribution in [3.05, 3.63) is 83.4 Å². The summed E-state index contributed by atoms with van der Waals surface area (Å²) in [5, 5.41) is 7.51. The van der Waals surface area contributed by atoms with Crippen molar-refractivity contribution in [3.63, 3.8) is 0 Å². The molecule has 0 unspecified atom stereocenters. The molecule has 0 amide bonds. The Kier molecular flexibility index (Phi) is 3.48. The van der Waals surface area contributed by atoms with Crippen molar-refractivity contribution in [3.8, 4) is 0 Å². The summed E-state index contributed by atoms with van der Waals surface area (Å²) in [7, 11) is 0. The van der Waals surface area contributed by atoms with Crippen molar-refractivity contribution in [2.24, 2.45) is 4.99 Å². The molecule has 1 aliphatic heterocycles. The van der Waals surface area contributed by atoms with E-state index in [4.69, 9.17) is 16.6 Å². The van der Waals surface area contributed by atoms with Crippen LogP contribution in [0.25, 0.3) is 0 Å². The zero-order valence-corrected chi connectivity index (χ0v) is 13.0. The number of para-hydroxylation sites is 4. The second kappa shape index (κ2) is 5.78. The van der Waals surface area contributed by atoms with Gasteiger partial charge in [0.15, 0.2) is 0 Å². The molecule has 0 aromatic heterocycles. The van der Waals surface area contributed by atoms with Gasteiger partial charge >= 0.3 is 0 Å². The van der Waals surface area contributed by atoms with E-state index >= 15 is 0 Å². The second-order valence-electron chi connectivity index (χ2n) is 5.25. The number of halogens is 1. The Labute approximate surface area is 139 Å². The van der Waals surface area contributed by atoms with Gasteiger partial charge < -0.3 is 10.6 Å². The van der Waals surface area contributed by atoms with Crippen LogP contribution in [0.1, 0.15) is 5.56 Å². The normalized spacial score (nSPS) is 14.2. The van der Waals surface area contributed by atoms with Crippen molar-refractivity contribution in [1.29, 1.82) is 0 Å². The minimum atomic E-state index is 0.629. The SMILES string of the molecule is Clc1ccccc1N=C1Nc2ccccc2Nc2ccccc21.